The van der Waals surface area contributed by atoms with E-state index < -0.39 is 18.2 Å². The number of nitrogens with zero attached hydrogens (tertiary/aromatic N) is 1. The largest absolute Gasteiger partial charge is 0.453 e. The third kappa shape index (κ3) is 2.75. The zero-order valence-electron chi connectivity index (χ0n) is 10.6. The predicted octanol–water partition coefficient (Wildman–Crippen LogP) is 0.104. The second kappa shape index (κ2) is 5.56. The molecule has 6 nitrogen and oxygen atoms in total. The lowest BCUT2D eigenvalue weighted by Crippen LogP contribution is -2.60. The zero-order chi connectivity index (χ0) is 13.1. The number of hydrogen-bond donors (Lipinski definition) is 2. The van der Waals surface area contributed by atoms with Gasteiger partial charge < -0.3 is 20.1 Å². The van der Waals surface area contributed by atoms with Crippen LogP contribution in [0.4, 0.5) is 4.79 Å². The quantitative estimate of drug-likeness (QED) is 0.751. The molecule has 0 aromatic carbocycles. The molecule has 2 N–H and O–H groups in total. The molecule has 0 unspecified atom stereocenters. The summed E-state index contributed by atoms with van der Waals surface area (Å²) in [5.41, 5.74) is 0. The molecule has 2 amide bonds. The second-order valence-electron chi connectivity index (χ2n) is 5.06. The Kier molecular flexibility index (Phi) is 4.06. The Morgan fingerprint density at radius 3 is 2.44 bits per heavy atom. The summed E-state index contributed by atoms with van der Waals surface area (Å²) < 4.78 is 4.57. The van der Waals surface area contributed by atoms with Crippen molar-refractivity contribution in [2.24, 2.45) is 5.92 Å². The van der Waals surface area contributed by atoms with Crippen LogP contribution in [-0.2, 0) is 9.53 Å². The average Bonchev–Trinajstić information content (AvgIpc) is 2.84. The van der Waals surface area contributed by atoms with Gasteiger partial charge in [-0.1, -0.05) is 12.8 Å². The number of carbonyl (C=O) groups excluding carboxylic acids is 2. The molecule has 2 fully saturated rings. The predicted molar refractivity (Wildman–Crippen MR) is 63.9 cm³/mol. The normalized spacial score (nSPS) is 22.4. The number of amides is 2. The fourth-order valence-corrected chi connectivity index (χ4v) is 2.69. The van der Waals surface area contributed by atoms with E-state index in [-0.39, 0.29) is 11.8 Å². The highest BCUT2D eigenvalue weighted by Crippen LogP contribution is 2.29. The van der Waals surface area contributed by atoms with Crippen molar-refractivity contribution in [3.05, 3.63) is 0 Å². The lowest BCUT2D eigenvalue weighted by atomic mass is 9.95. The van der Waals surface area contributed by atoms with Crippen LogP contribution in [-0.4, -0.2) is 54.4 Å². The average molecular weight is 256 g/mol. The van der Waals surface area contributed by atoms with Gasteiger partial charge in [-0.25, -0.2) is 4.79 Å². The highest BCUT2D eigenvalue weighted by Gasteiger charge is 2.38. The summed E-state index contributed by atoms with van der Waals surface area (Å²) in [6, 6.07) is -0.507. The molecule has 2 aliphatic rings. The summed E-state index contributed by atoms with van der Waals surface area (Å²) in [4.78, 5) is 25.2. The molecule has 1 heterocycles. The Hall–Kier alpha value is -1.30. The molecule has 1 atom stereocenters. The molecule has 1 aliphatic carbocycles. The molecule has 6 heteroatoms. The highest BCUT2D eigenvalue weighted by molar-refractivity contribution is 5.86. The Morgan fingerprint density at radius 1 is 1.33 bits per heavy atom. The van der Waals surface area contributed by atoms with Crippen molar-refractivity contribution in [1.82, 2.24) is 10.2 Å². The molecule has 1 saturated heterocycles. The number of likely N-dealkylation sites (tertiary alicyclic amines) is 1. The third-order valence-electron chi connectivity index (χ3n) is 3.77. The van der Waals surface area contributed by atoms with Gasteiger partial charge in [0, 0.05) is 13.1 Å². The van der Waals surface area contributed by atoms with Crippen molar-refractivity contribution in [3.8, 4) is 0 Å². The number of hydrogen-bond acceptors (Lipinski definition) is 4. The van der Waals surface area contributed by atoms with Gasteiger partial charge in [0.25, 0.3) is 0 Å². The van der Waals surface area contributed by atoms with Crippen molar-refractivity contribution in [2.45, 2.75) is 37.8 Å². The van der Waals surface area contributed by atoms with E-state index in [1.807, 2.05) is 0 Å². The smallest absolute Gasteiger partial charge is 0.407 e. The first-order valence-corrected chi connectivity index (χ1v) is 6.43. The van der Waals surface area contributed by atoms with Crippen LogP contribution in [0.5, 0.6) is 0 Å². The fourth-order valence-electron chi connectivity index (χ4n) is 2.69. The topological polar surface area (TPSA) is 78.9 Å². The first kappa shape index (κ1) is 13.1. The number of alkyl carbamates (subject to hydrolysis) is 1. The van der Waals surface area contributed by atoms with Crippen LogP contribution in [0, 0.1) is 5.92 Å². The van der Waals surface area contributed by atoms with Crippen LogP contribution >= 0.6 is 0 Å². The number of ether oxygens (including phenoxy) is 1. The Morgan fingerprint density at radius 2 is 1.94 bits per heavy atom. The van der Waals surface area contributed by atoms with Crippen molar-refractivity contribution < 1.29 is 19.4 Å². The van der Waals surface area contributed by atoms with E-state index in [0.717, 1.165) is 25.7 Å². The number of aliphatic hydroxyl groups excluding tert-OH is 1. The molecular weight excluding hydrogens is 236 g/mol. The van der Waals surface area contributed by atoms with E-state index >= 15 is 0 Å². The molecule has 1 aliphatic heterocycles. The standard InChI is InChI=1S/C12H20N2O4/c1-18-12(17)13-10(8-4-2-3-5-8)11(16)14-6-9(15)7-14/h8-10,15H,2-7H2,1H3,(H,13,17)/t10-/m0/s1. The lowest BCUT2D eigenvalue weighted by molar-refractivity contribution is -0.144. The second-order valence-corrected chi connectivity index (χ2v) is 5.06. The van der Waals surface area contributed by atoms with Crippen LogP contribution in [0.3, 0.4) is 0 Å². The van der Waals surface area contributed by atoms with Crippen molar-refractivity contribution in [2.75, 3.05) is 20.2 Å². The number of β-amino-alcohol motifs (C(OH)–C–C–N with tert-alkyl or cyclic N) is 1. The van der Waals surface area contributed by atoms with Gasteiger partial charge in [0.1, 0.15) is 6.04 Å². The molecular formula is C12H20N2O4. The van der Waals surface area contributed by atoms with Crippen molar-refractivity contribution in [1.29, 1.82) is 0 Å². The maximum Gasteiger partial charge on any atom is 0.407 e. The summed E-state index contributed by atoms with van der Waals surface area (Å²) in [5.74, 6) is 0.0898. The van der Waals surface area contributed by atoms with E-state index in [0.29, 0.717) is 13.1 Å². The van der Waals surface area contributed by atoms with Gasteiger partial charge in [0.2, 0.25) is 5.91 Å². The highest BCUT2D eigenvalue weighted by atomic mass is 16.5. The SMILES string of the molecule is COC(=O)N[C@H](C(=O)N1CC(O)C1)C1CCCC1. The monoisotopic (exact) mass is 256 g/mol. The van der Waals surface area contributed by atoms with Gasteiger partial charge in [-0.05, 0) is 18.8 Å². The number of aliphatic hydroxyl groups is 1. The van der Waals surface area contributed by atoms with E-state index in [4.69, 9.17) is 0 Å². The summed E-state index contributed by atoms with van der Waals surface area (Å²) in [7, 11) is 1.29. The number of carbonyl (C=O) groups is 2. The van der Waals surface area contributed by atoms with Gasteiger partial charge >= 0.3 is 6.09 Å². The summed E-state index contributed by atoms with van der Waals surface area (Å²) in [5, 5.41) is 11.9. The van der Waals surface area contributed by atoms with Crippen LogP contribution in [0.25, 0.3) is 0 Å². The molecule has 0 aromatic rings. The van der Waals surface area contributed by atoms with Crippen LogP contribution in [0.1, 0.15) is 25.7 Å². The van der Waals surface area contributed by atoms with Gasteiger partial charge in [-0.3, -0.25) is 4.79 Å². The first-order valence-electron chi connectivity index (χ1n) is 6.43. The number of methoxy groups -OCH3 is 1. The molecule has 0 spiro atoms. The molecule has 0 aromatic heterocycles. The van der Waals surface area contributed by atoms with Gasteiger partial charge in [-0.15, -0.1) is 0 Å². The zero-order valence-corrected chi connectivity index (χ0v) is 10.6. The fraction of sp³-hybridized carbons (Fsp3) is 0.833. The van der Waals surface area contributed by atoms with Gasteiger partial charge in [-0.2, -0.15) is 0 Å². The van der Waals surface area contributed by atoms with E-state index in [1.165, 1.54) is 7.11 Å². The molecule has 0 bridgehead atoms. The molecule has 0 radical (unpaired) electrons. The molecule has 18 heavy (non-hydrogen) atoms. The Balaban J connectivity index is 1.98. The van der Waals surface area contributed by atoms with Crippen LogP contribution in [0.15, 0.2) is 0 Å². The minimum Gasteiger partial charge on any atom is -0.453 e. The Labute approximate surface area is 106 Å². The summed E-state index contributed by atoms with van der Waals surface area (Å²) in [6.07, 6.45) is 3.12. The molecule has 1 saturated carbocycles. The first-order chi connectivity index (χ1) is 8.61. The third-order valence-corrected chi connectivity index (χ3v) is 3.77. The van der Waals surface area contributed by atoms with E-state index in [1.54, 1.807) is 4.90 Å². The maximum atomic E-state index is 12.3. The molecule has 2 rings (SSSR count). The maximum absolute atomic E-state index is 12.3. The van der Waals surface area contributed by atoms with Crippen LogP contribution < -0.4 is 5.32 Å². The van der Waals surface area contributed by atoms with Crippen LogP contribution in [0.2, 0.25) is 0 Å². The minimum atomic E-state index is -0.568. The summed E-state index contributed by atoms with van der Waals surface area (Å²) >= 11 is 0. The van der Waals surface area contributed by atoms with Crippen molar-refractivity contribution >= 4 is 12.0 Å². The van der Waals surface area contributed by atoms with Crippen molar-refractivity contribution in [3.63, 3.8) is 0 Å². The summed E-state index contributed by atoms with van der Waals surface area (Å²) in [6.45, 7) is 0.732. The number of nitrogens with one attached hydrogen (secondary N) is 1. The lowest BCUT2D eigenvalue weighted by Gasteiger charge is -2.39. The van der Waals surface area contributed by atoms with E-state index in [9.17, 15) is 14.7 Å². The Bertz CT molecular complexity index is 322. The van der Waals surface area contributed by atoms with Gasteiger partial charge in [0.15, 0.2) is 0 Å². The van der Waals surface area contributed by atoms with E-state index in [2.05, 4.69) is 10.1 Å². The number of rotatable bonds is 3. The van der Waals surface area contributed by atoms with Gasteiger partial charge in [0.05, 0.1) is 13.2 Å². The minimum absolute atomic E-state index is 0.0994. The molecule has 102 valence electrons.